The Balaban J connectivity index is 1.96. The van der Waals surface area contributed by atoms with E-state index in [4.69, 9.17) is 0 Å². The number of benzene rings is 1. The molecule has 2 heteroatoms. The van der Waals surface area contributed by atoms with E-state index >= 15 is 0 Å². The fraction of sp³-hybridized carbons (Fsp3) is 0.500. The predicted octanol–water partition coefficient (Wildman–Crippen LogP) is 4.69. The largest absolute Gasteiger partial charge is 0.384 e. The van der Waals surface area contributed by atoms with Gasteiger partial charge in [-0.3, -0.25) is 0 Å². The molecule has 0 bridgehead atoms. The summed E-state index contributed by atoms with van der Waals surface area (Å²) in [5.41, 5.74) is -0.649. The summed E-state index contributed by atoms with van der Waals surface area (Å²) in [6, 6.07) is 10.6. The van der Waals surface area contributed by atoms with Gasteiger partial charge in [-0.05, 0) is 43.2 Å². The summed E-state index contributed by atoms with van der Waals surface area (Å²) in [6.45, 7) is 2.01. The fourth-order valence-corrected chi connectivity index (χ4v) is 4.28. The van der Waals surface area contributed by atoms with Gasteiger partial charge < -0.3 is 5.11 Å². The normalized spacial score (nSPS) is 21.0. The monoisotopic (exact) mass is 260 g/mol. The number of aliphatic hydroxyl groups is 1. The van der Waals surface area contributed by atoms with Gasteiger partial charge >= 0.3 is 0 Å². The first-order chi connectivity index (χ1) is 8.68. The number of rotatable bonds is 2. The second kappa shape index (κ2) is 4.67. The highest BCUT2D eigenvalue weighted by atomic mass is 32.1. The molecular weight excluding hydrogens is 240 g/mol. The van der Waals surface area contributed by atoms with Gasteiger partial charge in [0.1, 0.15) is 0 Å². The first-order valence-corrected chi connectivity index (χ1v) is 7.71. The molecule has 0 amide bonds. The zero-order valence-electron chi connectivity index (χ0n) is 10.9. The van der Waals surface area contributed by atoms with E-state index in [0.717, 1.165) is 4.88 Å². The van der Waals surface area contributed by atoms with E-state index in [2.05, 4.69) is 30.3 Å². The molecule has 1 N–H and O–H groups in total. The second-order valence-corrected chi connectivity index (χ2v) is 6.71. The Kier molecular flexibility index (Phi) is 3.16. The number of hydrogen-bond donors (Lipinski definition) is 1. The van der Waals surface area contributed by atoms with Crippen molar-refractivity contribution in [2.45, 2.75) is 44.6 Å². The fourth-order valence-electron chi connectivity index (χ4n) is 3.10. The van der Waals surface area contributed by atoms with Crippen molar-refractivity contribution in [2.75, 3.05) is 0 Å². The van der Waals surface area contributed by atoms with Crippen molar-refractivity contribution in [1.29, 1.82) is 0 Å². The lowest BCUT2D eigenvalue weighted by Gasteiger charge is -2.34. The average Bonchev–Trinajstić information content (AvgIpc) is 2.84. The van der Waals surface area contributed by atoms with Crippen LogP contribution < -0.4 is 0 Å². The van der Waals surface area contributed by atoms with Crippen molar-refractivity contribution in [3.05, 3.63) is 35.2 Å². The lowest BCUT2D eigenvalue weighted by atomic mass is 9.77. The van der Waals surface area contributed by atoms with Crippen molar-refractivity contribution >= 4 is 21.4 Å². The summed E-state index contributed by atoms with van der Waals surface area (Å²) in [7, 11) is 0. The summed E-state index contributed by atoms with van der Waals surface area (Å²) in [5, 5.41) is 12.2. The van der Waals surface area contributed by atoms with Crippen LogP contribution in [0.5, 0.6) is 0 Å². The Morgan fingerprint density at radius 1 is 1.17 bits per heavy atom. The highest BCUT2D eigenvalue weighted by Gasteiger charge is 2.35. The average molecular weight is 260 g/mol. The third kappa shape index (κ3) is 2.08. The Labute approximate surface area is 112 Å². The third-order valence-electron chi connectivity index (χ3n) is 4.32. The second-order valence-electron chi connectivity index (χ2n) is 5.63. The Morgan fingerprint density at radius 3 is 2.61 bits per heavy atom. The molecule has 0 saturated heterocycles. The molecule has 0 radical (unpaired) electrons. The predicted molar refractivity (Wildman–Crippen MR) is 78.0 cm³/mol. The molecule has 1 aliphatic rings. The molecule has 96 valence electrons. The van der Waals surface area contributed by atoms with Crippen molar-refractivity contribution in [3.8, 4) is 0 Å². The van der Waals surface area contributed by atoms with Crippen molar-refractivity contribution in [1.82, 2.24) is 0 Å². The zero-order chi connectivity index (χ0) is 12.6. The van der Waals surface area contributed by atoms with Crippen LogP contribution in [0.2, 0.25) is 0 Å². The van der Waals surface area contributed by atoms with Crippen LogP contribution in [0.15, 0.2) is 30.3 Å². The summed E-state index contributed by atoms with van der Waals surface area (Å²) >= 11 is 1.75. The summed E-state index contributed by atoms with van der Waals surface area (Å²) in [5.74, 6) is 0.430. The van der Waals surface area contributed by atoms with Gasteiger partial charge in [0.2, 0.25) is 0 Å². The van der Waals surface area contributed by atoms with Crippen molar-refractivity contribution in [3.63, 3.8) is 0 Å². The number of fused-ring (bicyclic) bond motifs is 1. The van der Waals surface area contributed by atoms with E-state index in [1.54, 1.807) is 11.3 Å². The van der Waals surface area contributed by atoms with Gasteiger partial charge in [0, 0.05) is 9.58 Å². The van der Waals surface area contributed by atoms with Gasteiger partial charge in [-0.15, -0.1) is 11.3 Å². The SMILES string of the molecule is CC(O)(c1cc2ccccc2s1)C1CCCCC1. The molecule has 1 unspecified atom stereocenters. The Bertz CT molecular complexity index is 502. The van der Waals surface area contributed by atoms with Gasteiger partial charge in [0.05, 0.1) is 5.60 Å². The van der Waals surface area contributed by atoms with Gasteiger partial charge in [0.25, 0.3) is 0 Å². The molecule has 1 aromatic carbocycles. The minimum absolute atomic E-state index is 0.430. The molecule has 1 aromatic heterocycles. The van der Waals surface area contributed by atoms with Crippen LogP contribution in [0.3, 0.4) is 0 Å². The van der Waals surface area contributed by atoms with Crippen LogP contribution >= 0.6 is 11.3 Å². The Hall–Kier alpha value is -0.860. The molecular formula is C16H20OS. The molecule has 1 nitrogen and oxygen atoms in total. The molecule has 0 spiro atoms. The maximum absolute atomic E-state index is 10.9. The van der Waals surface area contributed by atoms with Gasteiger partial charge in [0.15, 0.2) is 0 Å². The maximum atomic E-state index is 10.9. The van der Waals surface area contributed by atoms with E-state index in [0.29, 0.717) is 5.92 Å². The van der Waals surface area contributed by atoms with Crippen molar-refractivity contribution in [2.24, 2.45) is 5.92 Å². The molecule has 18 heavy (non-hydrogen) atoms. The zero-order valence-corrected chi connectivity index (χ0v) is 11.7. The van der Waals surface area contributed by atoms with Crippen molar-refractivity contribution < 1.29 is 5.11 Å². The van der Waals surface area contributed by atoms with Gasteiger partial charge in [-0.25, -0.2) is 0 Å². The number of thiophene rings is 1. The van der Waals surface area contributed by atoms with Gasteiger partial charge in [-0.2, -0.15) is 0 Å². The molecule has 1 aliphatic carbocycles. The lowest BCUT2D eigenvalue weighted by molar-refractivity contribution is -0.0182. The quantitative estimate of drug-likeness (QED) is 0.830. The minimum Gasteiger partial charge on any atom is -0.384 e. The van der Waals surface area contributed by atoms with Crippen LogP contribution in [-0.4, -0.2) is 5.11 Å². The molecule has 2 aromatic rings. The van der Waals surface area contributed by atoms with E-state index in [1.807, 2.05) is 6.92 Å². The molecule has 1 atom stereocenters. The lowest BCUT2D eigenvalue weighted by Crippen LogP contribution is -2.32. The topological polar surface area (TPSA) is 20.2 Å². The van der Waals surface area contributed by atoms with Crippen LogP contribution in [0, 0.1) is 5.92 Å². The standard InChI is InChI=1S/C16H20OS/c1-16(17,13-8-3-2-4-9-13)15-11-12-7-5-6-10-14(12)18-15/h5-7,10-11,13,17H,2-4,8-9H2,1H3. The van der Waals surface area contributed by atoms with Crippen LogP contribution in [0.1, 0.15) is 43.9 Å². The molecule has 1 heterocycles. The highest BCUT2D eigenvalue weighted by Crippen LogP contribution is 2.43. The molecule has 1 fully saturated rings. The molecule has 3 rings (SSSR count). The van der Waals surface area contributed by atoms with Crippen LogP contribution in [0.25, 0.3) is 10.1 Å². The summed E-state index contributed by atoms with van der Waals surface area (Å²) in [6.07, 6.45) is 6.21. The van der Waals surface area contributed by atoms with E-state index in [-0.39, 0.29) is 0 Å². The highest BCUT2D eigenvalue weighted by molar-refractivity contribution is 7.19. The smallest absolute Gasteiger partial charge is 0.0988 e. The van der Waals surface area contributed by atoms with E-state index in [9.17, 15) is 5.11 Å². The first kappa shape index (κ1) is 12.2. The molecule has 0 aliphatic heterocycles. The van der Waals surface area contributed by atoms with E-state index < -0.39 is 5.60 Å². The van der Waals surface area contributed by atoms with Crippen LogP contribution in [-0.2, 0) is 5.60 Å². The minimum atomic E-state index is -0.649. The van der Waals surface area contributed by atoms with E-state index in [1.165, 1.54) is 42.2 Å². The summed E-state index contributed by atoms with van der Waals surface area (Å²) < 4.78 is 1.28. The maximum Gasteiger partial charge on any atom is 0.0988 e. The first-order valence-electron chi connectivity index (χ1n) is 6.89. The van der Waals surface area contributed by atoms with Gasteiger partial charge in [-0.1, -0.05) is 37.5 Å². The Morgan fingerprint density at radius 2 is 1.89 bits per heavy atom. The third-order valence-corrected chi connectivity index (χ3v) is 5.67. The molecule has 1 saturated carbocycles. The summed E-state index contributed by atoms with van der Waals surface area (Å²) in [4.78, 5) is 1.13. The van der Waals surface area contributed by atoms with Crippen LogP contribution in [0.4, 0.5) is 0 Å². The number of hydrogen-bond acceptors (Lipinski definition) is 2.